The highest BCUT2D eigenvalue weighted by atomic mass is 19.4. The highest BCUT2D eigenvalue weighted by molar-refractivity contribution is 5.77. The summed E-state index contributed by atoms with van der Waals surface area (Å²) >= 11 is 0. The summed E-state index contributed by atoms with van der Waals surface area (Å²) in [4.78, 5) is 23.2. The van der Waals surface area contributed by atoms with Gasteiger partial charge < -0.3 is 10.1 Å². The molecule has 0 aliphatic rings. The van der Waals surface area contributed by atoms with E-state index in [1.165, 1.54) is 22.9 Å². The van der Waals surface area contributed by atoms with Crippen LogP contribution in [0.5, 0.6) is 5.75 Å². The molecule has 1 heterocycles. The monoisotopic (exact) mass is 355 g/mol. The fourth-order valence-electron chi connectivity index (χ4n) is 1.97. The van der Waals surface area contributed by atoms with Gasteiger partial charge in [0, 0.05) is 12.6 Å². The Labute approximate surface area is 141 Å². The number of amides is 1. The molecule has 1 aromatic carbocycles. The average molecular weight is 355 g/mol. The SMILES string of the molecule is Cc1ccc(=O)n(CCNC(=O)COc2cccc(C(F)(F)F)c2)n1. The molecule has 2 aromatic rings. The standard InChI is InChI=1S/C16H16F3N3O3/c1-11-5-6-15(24)22(21-11)8-7-20-14(23)10-25-13-4-2-3-12(9-13)16(17,18)19/h2-6,9H,7-8,10H2,1H3,(H,20,23). The maximum atomic E-state index is 12.6. The van der Waals surface area contributed by atoms with Gasteiger partial charge in [-0.1, -0.05) is 6.07 Å². The molecule has 1 N–H and O–H groups in total. The normalized spacial score (nSPS) is 11.2. The van der Waals surface area contributed by atoms with Crippen molar-refractivity contribution in [2.45, 2.75) is 19.6 Å². The first-order valence-electron chi connectivity index (χ1n) is 7.37. The molecule has 9 heteroatoms. The van der Waals surface area contributed by atoms with Crippen LogP contribution in [0.1, 0.15) is 11.3 Å². The Kier molecular flexibility index (Phi) is 5.79. The third kappa shape index (κ3) is 5.63. The molecule has 2 rings (SSSR count). The smallest absolute Gasteiger partial charge is 0.416 e. The van der Waals surface area contributed by atoms with Crippen LogP contribution in [0.2, 0.25) is 0 Å². The number of alkyl halides is 3. The largest absolute Gasteiger partial charge is 0.484 e. The number of halogens is 3. The van der Waals surface area contributed by atoms with E-state index in [-0.39, 0.29) is 24.4 Å². The van der Waals surface area contributed by atoms with Crippen molar-refractivity contribution in [2.75, 3.05) is 13.2 Å². The van der Waals surface area contributed by atoms with Crippen molar-refractivity contribution < 1.29 is 22.7 Å². The van der Waals surface area contributed by atoms with E-state index in [1.54, 1.807) is 13.0 Å². The van der Waals surface area contributed by atoms with E-state index in [2.05, 4.69) is 10.4 Å². The molecular formula is C16H16F3N3O3. The lowest BCUT2D eigenvalue weighted by molar-refractivity contribution is -0.137. The van der Waals surface area contributed by atoms with Crippen molar-refractivity contribution in [3.63, 3.8) is 0 Å². The second-order valence-electron chi connectivity index (χ2n) is 5.20. The van der Waals surface area contributed by atoms with Gasteiger partial charge in [0.1, 0.15) is 5.75 Å². The first-order chi connectivity index (χ1) is 11.8. The van der Waals surface area contributed by atoms with Gasteiger partial charge in [-0.25, -0.2) is 4.68 Å². The summed E-state index contributed by atoms with van der Waals surface area (Å²) in [6, 6.07) is 7.23. The van der Waals surface area contributed by atoms with Gasteiger partial charge in [-0.05, 0) is 31.2 Å². The van der Waals surface area contributed by atoms with Crippen LogP contribution in [0.4, 0.5) is 13.2 Å². The summed E-state index contributed by atoms with van der Waals surface area (Å²) in [5.41, 5.74) is -0.478. The minimum atomic E-state index is -4.48. The Bertz CT molecular complexity index is 803. The van der Waals surface area contributed by atoms with Crippen molar-refractivity contribution in [1.29, 1.82) is 0 Å². The lowest BCUT2D eigenvalue weighted by Crippen LogP contribution is -2.34. The molecule has 25 heavy (non-hydrogen) atoms. The molecule has 0 bridgehead atoms. The zero-order valence-electron chi connectivity index (χ0n) is 13.3. The molecule has 0 atom stereocenters. The topological polar surface area (TPSA) is 73.2 Å². The number of ether oxygens (including phenoxy) is 1. The van der Waals surface area contributed by atoms with Gasteiger partial charge in [-0.2, -0.15) is 18.3 Å². The number of rotatable bonds is 6. The third-order valence-electron chi connectivity index (χ3n) is 3.18. The Balaban J connectivity index is 1.81. The Morgan fingerprint density at radius 1 is 1.28 bits per heavy atom. The number of nitrogens with one attached hydrogen (secondary N) is 1. The predicted molar refractivity (Wildman–Crippen MR) is 83.2 cm³/mol. The van der Waals surface area contributed by atoms with E-state index in [4.69, 9.17) is 4.74 Å². The summed E-state index contributed by atoms with van der Waals surface area (Å²) < 4.78 is 44.0. The fraction of sp³-hybridized carbons (Fsp3) is 0.312. The van der Waals surface area contributed by atoms with Gasteiger partial charge in [-0.15, -0.1) is 0 Å². The van der Waals surface area contributed by atoms with E-state index < -0.39 is 24.3 Å². The Hall–Kier alpha value is -2.84. The molecule has 0 radical (unpaired) electrons. The maximum absolute atomic E-state index is 12.6. The second kappa shape index (κ2) is 7.82. The van der Waals surface area contributed by atoms with Crippen LogP contribution >= 0.6 is 0 Å². The van der Waals surface area contributed by atoms with Gasteiger partial charge in [0.25, 0.3) is 11.5 Å². The molecule has 6 nitrogen and oxygen atoms in total. The first kappa shape index (κ1) is 18.5. The van der Waals surface area contributed by atoms with Crippen molar-refractivity contribution in [3.05, 3.63) is 58.0 Å². The Morgan fingerprint density at radius 2 is 2.04 bits per heavy atom. The van der Waals surface area contributed by atoms with Gasteiger partial charge in [0.2, 0.25) is 0 Å². The molecule has 0 saturated carbocycles. The number of benzene rings is 1. The van der Waals surface area contributed by atoms with Gasteiger partial charge in [-0.3, -0.25) is 9.59 Å². The van der Waals surface area contributed by atoms with Crippen molar-refractivity contribution in [1.82, 2.24) is 15.1 Å². The molecule has 0 saturated heterocycles. The number of aryl methyl sites for hydroxylation is 1. The summed E-state index contributed by atoms with van der Waals surface area (Å²) in [6.07, 6.45) is -4.48. The van der Waals surface area contributed by atoms with Crippen molar-refractivity contribution in [2.24, 2.45) is 0 Å². The summed E-state index contributed by atoms with van der Waals surface area (Å²) in [6.45, 7) is 1.62. The molecule has 0 spiro atoms. The van der Waals surface area contributed by atoms with E-state index in [0.717, 1.165) is 12.1 Å². The number of nitrogens with zero attached hydrogens (tertiary/aromatic N) is 2. The molecule has 0 aliphatic carbocycles. The highest BCUT2D eigenvalue weighted by Crippen LogP contribution is 2.31. The quantitative estimate of drug-likeness (QED) is 0.857. The van der Waals surface area contributed by atoms with Crippen LogP contribution < -0.4 is 15.6 Å². The van der Waals surface area contributed by atoms with Crippen LogP contribution in [0.3, 0.4) is 0 Å². The molecule has 0 aliphatic heterocycles. The minimum absolute atomic E-state index is 0.0541. The zero-order valence-corrected chi connectivity index (χ0v) is 13.3. The van der Waals surface area contributed by atoms with Crippen LogP contribution in [0.25, 0.3) is 0 Å². The zero-order chi connectivity index (χ0) is 18.4. The van der Waals surface area contributed by atoms with E-state index in [0.29, 0.717) is 5.69 Å². The van der Waals surface area contributed by atoms with Crippen molar-refractivity contribution >= 4 is 5.91 Å². The average Bonchev–Trinajstić information content (AvgIpc) is 2.55. The van der Waals surface area contributed by atoms with Gasteiger partial charge >= 0.3 is 6.18 Å². The Morgan fingerprint density at radius 3 is 2.76 bits per heavy atom. The van der Waals surface area contributed by atoms with Crippen LogP contribution in [-0.2, 0) is 17.5 Å². The minimum Gasteiger partial charge on any atom is -0.484 e. The first-order valence-corrected chi connectivity index (χ1v) is 7.37. The molecule has 0 unspecified atom stereocenters. The van der Waals surface area contributed by atoms with E-state index in [1.807, 2.05) is 0 Å². The number of carbonyl (C=O) groups is 1. The highest BCUT2D eigenvalue weighted by Gasteiger charge is 2.30. The summed E-state index contributed by atoms with van der Waals surface area (Å²) in [5.74, 6) is -0.570. The second-order valence-corrected chi connectivity index (χ2v) is 5.20. The number of aromatic nitrogens is 2. The van der Waals surface area contributed by atoms with Crippen LogP contribution in [-0.4, -0.2) is 28.8 Å². The third-order valence-corrected chi connectivity index (χ3v) is 3.18. The van der Waals surface area contributed by atoms with Crippen LogP contribution in [0.15, 0.2) is 41.2 Å². The van der Waals surface area contributed by atoms with E-state index >= 15 is 0 Å². The summed E-state index contributed by atoms with van der Waals surface area (Å²) in [5, 5.41) is 6.52. The molecule has 134 valence electrons. The van der Waals surface area contributed by atoms with E-state index in [9.17, 15) is 22.8 Å². The lowest BCUT2D eigenvalue weighted by atomic mass is 10.2. The van der Waals surface area contributed by atoms with Crippen LogP contribution in [0, 0.1) is 6.92 Å². The predicted octanol–water partition coefficient (Wildman–Crippen LogP) is 1.77. The maximum Gasteiger partial charge on any atom is 0.416 e. The number of hydrogen-bond donors (Lipinski definition) is 1. The van der Waals surface area contributed by atoms with Crippen molar-refractivity contribution in [3.8, 4) is 5.75 Å². The molecule has 1 aromatic heterocycles. The molecular weight excluding hydrogens is 339 g/mol. The fourth-order valence-corrected chi connectivity index (χ4v) is 1.97. The number of carbonyl (C=O) groups excluding carboxylic acids is 1. The summed E-state index contributed by atoms with van der Waals surface area (Å²) in [7, 11) is 0. The lowest BCUT2D eigenvalue weighted by Gasteiger charge is -2.10. The molecule has 1 amide bonds. The molecule has 0 fully saturated rings. The number of hydrogen-bond acceptors (Lipinski definition) is 4. The van der Waals surface area contributed by atoms with Gasteiger partial charge in [0.05, 0.1) is 17.8 Å². The van der Waals surface area contributed by atoms with Gasteiger partial charge in [0.15, 0.2) is 6.61 Å².